The van der Waals surface area contributed by atoms with Crippen LogP contribution in [0.3, 0.4) is 0 Å². The minimum atomic E-state index is -0.554. The topological polar surface area (TPSA) is 104 Å². The van der Waals surface area contributed by atoms with Crippen LogP contribution in [0.25, 0.3) is 0 Å². The predicted octanol–water partition coefficient (Wildman–Crippen LogP) is 3.48. The van der Waals surface area contributed by atoms with Gasteiger partial charge in [-0.15, -0.1) is 0 Å². The maximum Gasteiger partial charge on any atom is 0.271 e. The Bertz CT molecular complexity index is 828. The largest absolute Gasteiger partial charge is 0.392 e. The van der Waals surface area contributed by atoms with Gasteiger partial charge in [-0.05, 0) is 61.7 Å². The Kier molecular flexibility index (Phi) is 7.37. The number of aromatic nitrogens is 2. The van der Waals surface area contributed by atoms with E-state index in [2.05, 4.69) is 34.4 Å². The van der Waals surface area contributed by atoms with Crippen LogP contribution >= 0.6 is 0 Å². The maximum atomic E-state index is 13.1. The summed E-state index contributed by atoms with van der Waals surface area (Å²) >= 11 is 0. The SMILES string of the molecule is C[C@H]1[C@@H]2[C@@H](O)[C@@H]([C@H](C)C(=O)NC3CCCCC3)CC[C@@]2(C)CC[C@@H]1NC(=O)c1cnccn1. The third-order valence-electron chi connectivity index (χ3n) is 9.01. The molecule has 0 unspecified atom stereocenters. The van der Waals surface area contributed by atoms with Gasteiger partial charge in [0.05, 0.1) is 12.3 Å². The molecule has 182 valence electrons. The Morgan fingerprint density at radius 1 is 1.09 bits per heavy atom. The van der Waals surface area contributed by atoms with E-state index in [-0.39, 0.29) is 53.0 Å². The smallest absolute Gasteiger partial charge is 0.271 e. The highest BCUT2D eigenvalue weighted by atomic mass is 16.3. The average molecular weight is 457 g/mol. The van der Waals surface area contributed by atoms with Crippen molar-refractivity contribution in [2.75, 3.05) is 0 Å². The lowest BCUT2D eigenvalue weighted by atomic mass is 9.51. The Morgan fingerprint density at radius 2 is 1.82 bits per heavy atom. The van der Waals surface area contributed by atoms with Crippen molar-refractivity contribution < 1.29 is 14.7 Å². The fourth-order valence-corrected chi connectivity index (χ4v) is 6.93. The molecule has 7 heteroatoms. The molecule has 3 saturated carbocycles. The van der Waals surface area contributed by atoms with Gasteiger partial charge in [-0.2, -0.15) is 0 Å². The highest BCUT2D eigenvalue weighted by Crippen LogP contribution is 2.55. The second-order valence-corrected chi connectivity index (χ2v) is 11.1. The standard InChI is InChI=1S/C26H40N4O3/c1-16(24(32)29-18-7-5-4-6-8-18)19-9-11-26(3)12-10-20(17(2)22(26)23(19)31)30-25(33)21-15-27-13-14-28-21/h13-20,22-23,31H,4-12H2,1-3H3,(H,29,32)(H,30,33)/t16-,17+,19+,20-,22+,23-,26-/m0/s1. The molecule has 1 aromatic heterocycles. The number of carbonyl (C=O) groups is 2. The third kappa shape index (κ3) is 5.08. The molecule has 0 spiro atoms. The summed E-state index contributed by atoms with van der Waals surface area (Å²) in [6.07, 6.45) is 13.5. The fraction of sp³-hybridized carbons (Fsp3) is 0.769. The first kappa shape index (κ1) is 24.1. The average Bonchev–Trinajstić information content (AvgIpc) is 2.82. The molecule has 33 heavy (non-hydrogen) atoms. The fourth-order valence-electron chi connectivity index (χ4n) is 6.93. The van der Waals surface area contributed by atoms with E-state index in [9.17, 15) is 14.7 Å². The van der Waals surface area contributed by atoms with Gasteiger partial charge >= 0.3 is 0 Å². The van der Waals surface area contributed by atoms with Gasteiger partial charge in [-0.3, -0.25) is 14.6 Å². The first-order valence-corrected chi connectivity index (χ1v) is 12.9. The van der Waals surface area contributed by atoms with E-state index in [0.29, 0.717) is 5.69 Å². The first-order chi connectivity index (χ1) is 15.8. The minimum Gasteiger partial charge on any atom is -0.392 e. The third-order valence-corrected chi connectivity index (χ3v) is 9.01. The van der Waals surface area contributed by atoms with Crippen LogP contribution in [-0.4, -0.2) is 45.1 Å². The molecule has 1 heterocycles. The number of hydrogen-bond donors (Lipinski definition) is 3. The molecule has 0 bridgehead atoms. The number of nitrogens with one attached hydrogen (secondary N) is 2. The molecule has 3 aliphatic carbocycles. The van der Waals surface area contributed by atoms with E-state index >= 15 is 0 Å². The van der Waals surface area contributed by atoms with Gasteiger partial charge in [0.25, 0.3) is 5.91 Å². The van der Waals surface area contributed by atoms with Crippen LogP contribution < -0.4 is 10.6 Å². The number of amides is 2. The van der Waals surface area contributed by atoms with Crippen molar-refractivity contribution in [3.05, 3.63) is 24.3 Å². The molecule has 0 saturated heterocycles. The summed E-state index contributed by atoms with van der Waals surface area (Å²) in [5.41, 5.74) is 0.344. The molecule has 7 nitrogen and oxygen atoms in total. The van der Waals surface area contributed by atoms with Gasteiger partial charge in [-0.1, -0.05) is 40.0 Å². The van der Waals surface area contributed by atoms with Gasteiger partial charge in [0.15, 0.2) is 0 Å². The van der Waals surface area contributed by atoms with E-state index in [1.54, 1.807) is 6.20 Å². The molecule has 3 aliphatic rings. The molecule has 7 atom stereocenters. The van der Waals surface area contributed by atoms with E-state index in [1.807, 2.05) is 6.92 Å². The van der Waals surface area contributed by atoms with Crippen molar-refractivity contribution in [2.45, 2.75) is 96.7 Å². The van der Waals surface area contributed by atoms with Crippen LogP contribution in [0.5, 0.6) is 0 Å². The zero-order valence-electron chi connectivity index (χ0n) is 20.3. The molecular weight excluding hydrogens is 416 g/mol. The van der Waals surface area contributed by atoms with Gasteiger partial charge in [0.2, 0.25) is 5.91 Å². The maximum absolute atomic E-state index is 13.1. The molecule has 4 rings (SSSR count). The second-order valence-electron chi connectivity index (χ2n) is 11.1. The molecular formula is C26H40N4O3. The highest BCUT2D eigenvalue weighted by Gasteiger charge is 2.54. The van der Waals surface area contributed by atoms with Crippen molar-refractivity contribution >= 4 is 11.8 Å². The molecule has 3 fully saturated rings. The van der Waals surface area contributed by atoms with Crippen LogP contribution in [0.2, 0.25) is 0 Å². The van der Waals surface area contributed by atoms with Crippen LogP contribution in [0.4, 0.5) is 0 Å². The summed E-state index contributed by atoms with van der Waals surface area (Å²) in [6, 6.07) is 0.256. The van der Waals surface area contributed by atoms with Crippen LogP contribution in [0.1, 0.15) is 89.0 Å². The number of carbonyl (C=O) groups excluding carboxylic acids is 2. The normalized spacial score (nSPS) is 35.8. The van der Waals surface area contributed by atoms with E-state index < -0.39 is 6.10 Å². The summed E-state index contributed by atoms with van der Waals surface area (Å²) in [5.74, 6) is -0.245. The number of aliphatic hydroxyl groups excluding tert-OH is 1. The monoisotopic (exact) mass is 456 g/mol. The van der Waals surface area contributed by atoms with Gasteiger partial charge < -0.3 is 15.7 Å². The van der Waals surface area contributed by atoms with E-state index in [4.69, 9.17) is 0 Å². The van der Waals surface area contributed by atoms with Crippen LogP contribution in [0.15, 0.2) is 18.6 Å². The highest BCUT2D eigenvalue weighted by molar-refractivity contribution is 5.92. The van der Waals surface area contributed by atoms with Crippen molar-refractivity contribution in [1.29, 1.82) is 0 Å². The quantitative estimate of drug-likeness (QED) is 0.629. The lowest BCUT2D eigenvalue weighted by Gasteiger charge is -2.56. The number of aliphatic hydroxyl groups is 1. The zero-order chi connectivity index (χ0) is 23.6. The molecule has 0 aromatic carbocycles. The number of fused-ring (bicyclic) bond motifs is 1. The zero-order valence-corrected chi connectivity index (χ0v) is 20.3. The summed E-state index contributed by atoms with van der Waals surface area (Å²) < 4.78 is 0. The van der Waals surface area contributed by atoms with Crippen LogP contribution in [-0.2, 0) is 4.79 Å². The van der Waals surface area contributed by atoms with Gasteiger partial charge in [0, 0.05) is 30.4 Å². The van der Waals surface area contributed by atoms with Crippen molar-refractivity contribution in [3.63, 3.8) is 0 Å². The van der Waals surface area contributed by atoms with Crippen LogP contribution in [0, 0.1) is 29.1 Å². The summed E-state index contributed by atoms with van der Waals surface area (Å²) in [5, 5.41) is 18.0. The molecule has 0 radical (unpaired) electrons. The van der Waals surface area contributed by atoms with Crippen molar-refractivity contribution in [3.8, 4) is 0 Å². The second kappa shape index (κ2) is 10.1. The summed E-state index contributed by atoms with van der Waals surface area (Å²) in [4.78, 5) is 33.9. The van der Waals surface area contributed by atoms with Gasteiger partial charge in [-0.25, -0.2) is 4.98 Å². The molecule has 0 aliphatic heterocycles. The Morgan fingerprint density at radius 3 is 2.52 bits per heavy atom. The summed E-state index contributed by atoms with van der Waals surface area (Å²) in [6.45, 7) is 6.40. The molecule has 3 N–H and O–H groups in total. The van der Waals surface area contributed by atoms with Crippen molar-refractivity contribution in [2.24, 2.45) is 29.1 Å². The lowest BCUT2D eigenvalue weighted by Crippen LogP contribution is -2.58. The molecule has 1 aromatic rings. The summed E-state index contributed by atoms with van der Waals surface area (Å²) in [7, 11) is 0. The Balaban J connectivity index is 1.43. The Hall–Kier alpha value is -2.02. The number of hydrogen-bond acceptors (Lipinski definition) is 5. The number of nitrogens with zero attached hydrogens (tertiary/aromatic N) is 2. The Labute approximate surface area is 197 Å². The molecule has 2 amide bonds. The predicted molar refractivity (Wildman–Crippen MR) is 126 cm³/mol. The number of rotatable bonds is 5. The first-order valence-electron chi connectivity index (χ1n) is 12.9. The lowest BCUT2D eigenvalue weighted by molar-refractivity contribution is -0.142. The van der Waals surface area contributed by atoms with E-state index in [0.717, 1.165) is 38.5 Å². The van der Waals surface area contributed by atoms with Crippen molar-refractivity contribution in [1.82, 2.24) is 20.6 Å². The van der Waals surface area contributed by atoms with Gasteiger partial charge in [0.1, 0.15) is 5.69 Å². The van der Waals surface area contributed by atoms with E-state index in [1.165, 1.54) is 31.7 Å². The minimum absolute atomic E-state index is 0.0302.